The van der Waals surface area contributed by atoms with Crippen molar-refractivity contribution in [1.82, 2.24) is 15.4 Å². The maximum atomic E-state index is 13.4. The number of amides is 3. The van der Waals surface area contributed by atoms with Gasteiger partial charge in [-0.3, -0.25) is 14.4 Å². The predicted molar refractivity (Wildman–Crippen MR) is 130 cm³/mol. The zero-order valence-corrected chi connectivity index (χ0v) is 20.0. The van der Waals surface area contributed by atoms with E-state index in [0.717, 1.165) is 43.2 Å². The van der Waals surface area contributed by atoms with Crippen LogP contribution in [0.3, 0.4) is 0 Å². The van der Waals surface area contributed by atoms with Crippen molar-refractivity contribution < 1.29 is 18.9 Å². The van der Waals surface area contributed by atoms with Crippen LogP contribution in [-0.2, 0) is 20.8 Å². The summed E-state index contributed by atoms with van der Waals surface area (Å²) in [6, 6.07) is 8.71. The van der Waals surface area contributed by atoms with E-state index < -0.39 is 6.04 Å². The van der Waals surface area contributed by atoms with Gasteiger partial charge in [-0.1, -0.05) is 55.3 Å². The van der Waals surface area contributed by atoms with E-state index in [1.807, 2.05) is 24.3 Å². The van der Waals surface area contributed by atoms with Crippen molar-refractivity contribution in [2.75, 3.05) is 11.9 Å². The van der Waals surface area contributed by atoms with Gasteiger partial charge in [0.05, 0.1) is 0 Å². The van der Waals surface area contributed by atoms with Crippen LogP contribution < -0.4 is 10.6 Å². The smallest absolute Gasteiger partial charge is 0.247 e. The molecule has 2 aromatic rings. The van der Waals surface area contributed by atoms with E-state index >= 15 is 0 Å². The van der Waals surface area contributed by atoms with Gasteiger partial charge in [0, 0.05) is 31.5 Å². The van der Waals surface area contributed by atoms with Gasteiger partial charge in [0.25, 0.3) is 0 Å². The highest BCUT2D eigenvalue weighted by atomic mass is 16.5. The monoisotopic (exact) mass is 466 g/mol. The highest BCUT2D eigenvalue weighted by molar-refractivity contribution is 5.94. The molecule has 0 aliphatic heterocycles. The normalized spacial score (nSPS) is 14.4. The van der Waals surface area contributed by atoms with E-state index in [4.69, 9.17) is 4.52 Å². The van der Waals surface area contributed by atoms with Gasteiger partial charge in [0.15, 0.2) is 5.82 Å². The summed E-state index contributed by atoms with van der Waals surface area (Å²) in [5, 5.41) is 9.49. The standard InChI is InChI=1S/C26H34N4O4/c1-4-16-30(24(32)15-14-23(31)28-22-17-18(3)34-29-22)25(20-12-10-19(5-2)11-13-20)26(33)27-21-8-6-7-9-21/h4,10-13,17,21,25H,1,5-9,14-16H2,2-3H3,(H,27,33)(H,28,29,31)/t25-/m0/s1. The molecule has 182 valence electrons. The SMILES string of the molecule is C=CCN(C(=O)CCC(=O)Nc1cc(C)on1)[C@H](C(=O)NC1CCCC1)c1ccc(CC)cc1. The van der Waals surface area contributed by atoms with Gasteiger partial charge >= 0.3 is 0 Å². The third-order valence-corrected chi connectivity index (χ3v) is 6.07. The predicted octanol–water partition coefficient (Wildman–Crippen LogP) is 4.08. The molecule has 1 atom stereocenters. The Hall–Kier alpha value is -3.42. The van der Waals surface area contributed by atoms with Gasteiger partial charge in [-0.25, -0.2) is 0 Å². The lowest BCUT2D eigenvalue weighted by Crippen LogP contribution is -2.46. The first kappa shape index (κ1) is 25.2. The Morgan fingerprint density at radius 2 is 1.91 bits per heavy atom. The molecule has 8 heteroatoms. The van der Waals surface area contributed by atoms with Crippen LogP contribution in [0.2, 0.25) is 0 Å². The van der Waals surface area contributed by atoms with Crippen molar-refractivity contribution in [1.29, 1.82) is 0 Å². The second-order valence-corrected chi connectivity index (χ2v) is 8.69. The Kier molecular flexibility index (Phi) is 9.01. The number of aromatic nitrogens is 1. The van der Waals surface area contributed by atoms with Gasteiger partial charge < -0.3 is 20.1 Å². The number of rotatable bonds is 11. The zero-order chi connectivity index (χ0) is 24.5. The second kappa shape index (κ2) is 12.2. The molecule has 1 heterocycles. The molecular weight excluding hydrogens is 432 g/mol. The second-order valence-electron chi connectivity index (χ2n) is 8.69. The molecule has 2 N–H and O–H groups in total. The van der Waals surface area contributed by atoms with Crippen molar-refractivity contribution >= 4 is 23.5 Å². The first-order chi connectivity index (χ1) is 16.4. The van der Waals surface area contributed by atoms with Gasteiger partial charge in [-0.2, -0.15) is 0 Å². The van der Waals surface area contributed by atoms with Gasteiger partial charge in [0.2, 0.25) is 17.7 Å². The topological polar surface area (TPSA) is 105 Å². The molecule has 1 aliphatic rings. The Bertz CT molecular complexity index is 992. The quantitative estimate of drug-likeness (QED) is 0.486. The van der Waals surface area contributed by atoms with Crippen LogP contribution >= 0.6 is 0 Å². The van der Waals surface area contributed by atoms with Crippen molar-refractivity contribution in [3.05, 3.63) is 59.9 Å². The maximum absolute atomic E-state index is 13.4. The fourth-order valence-corrected chi connectivity index (χ4v) is 4.24. The van der Waals surface area contributed by atoms with E-state index in [1.54, 1.807) is 19.1 Å². The lowest BCUT2D eigenvalue weighted by atomic mass is 10.0. The Labute approximate surface area is 200 Å². The first-order valence-electron chi connectivity index (χ1n) is 11.9. The summed E-state index contributed by atoms with van der Waals surface area (Å²) in [5.41, 5.74) is 1.89. The molecule has 1 fully saturated rings. The third-order valence-electron chi connectivity index (χ3n) is 6.07. The lowest BCUT2D eigenvalue weighted by molar-refractivity contribution is -0.141. The molecule has 0 spiro atoms. The fraction of sp³-hybridized carbons (Fsp3) is 0.462. The van der Waals surface area contributed by atoms with E-state index in [2.05, 4.69) is 29.3 Å². The average Bonchev–Trinajstić information content (AvgIpc) is 3.49. The van der Waals surface area contributed by atoms with E-state index in [1.165, 1.54) is 4.90 Å². The highest BCUT2D eigenvalue weighted by Crippen LogP contribution is 2.26. The summed E-state index contributed by atoms with van der Waals surface area (Å²) >= 11 is 0. The number of hydrogen-bond acceptors (Lipinski definition) is 5. The van der Waals surface area contributed by atoms with Gasteiger partial charge in [-0.15, -0.1) is 6.58 Å². The number of aryl methyl sites for hydroxylation is 2. The number of carbonyl (C=O) groups excluding carboxylic acids is 3. The molecule has 0 bridgehead atoms. The zero-order valence-electron chi connectivity index (χ0n) is 20.0. The molecule has 8 nitrogen and oxygen atoms in total. The van der Waals surface area contributed by atoms with Crippen LogP contribution in [0.25, 0.3) is 0 Å². The van der Waals surface area contributed by atoms with E-state index in [-0.39, 0.29) is 43.1 Å². The molecular formula is C26H34N4O4. The summed E-state index contributed by atoms with van der Waals surface area (Å²) < 4.78 is 4.94. The molecule has 1 aliphatic carbocycles. The Morgan fingerprint density at radius 3 is 2.50 bits per heavy atom. The number of benzene rings is 1. The molecule has 1 saturated carbocycles. The van der Waals surface area contributed by atoms with Gasteiger partial charge in [-0.05, 0) is 37.3 Å². The number of anilines is 1. The van der Waals surface area contributed by atoms with Crippen molar-refractivity contribution in [3.8, 4) is 0 Å². The number of nitrogens with one attached hydrogen (secondary N) is 2. The Morgan fingerprint density at radius 1 is 1.21 bits per heavy atom. The van der Waals surface area contributed by atoms with Crippen LogP contribution in [0.4, 0.5) is 5.82 Å². The minimum absolute atomic E-state index is 0.0376. The molecule has 3 rings (SSSR count). The summed E-state index contributed by atoms with van der Waals surface area (Å²) in [6.07, 6.45) is 6.49. The highest BCUT2D eigenvalue weighted by Gasteiger charge is 2.32. The molecule has 0 saturated heterocycles. The first-order valence-corrected chi connectivity index (χ1v) is 11.9. The summed E-state index contributed by atoms with van der Waals surface area (Å²) in [7, 11) is 0. The summed E-state index contributed by atoms with van der Waals surface area (Å²) in [4.78, 5) is 40.5. The third kappa shape index (κ3) is 6.79. The molecule has 0 unspecified atom stereocenters. The number of carbonyl (C=O) groups is 3. The molecule has 1 aromatic heterocycles. The van der Waals surface area contributed by atoms with Crippen LogP contribution in [0.1, 0.15) is 68.4 Å². The fourth-order valence-electron chi connectivity index (χ4n) is 4.24. The van der Waals surface area contributed by atoms with Crippen LogP contribution in [0.15, 0.2) is 47.5 Å². The van der Waals surface area contributed by atoms with E-state index in [0.29, 0.717) is 11.6 Å². The number of nitrogens with zero attached hydrogens (tertiary/aromatic N) is 2. The van der Waals surface area contributed by atoms with Crippen molar-refractivity contribution in [3.63, 3.8) is 0 Å². The van der Waals surface area contributed by atoms with Crippen molar-refractivity contribution in [2.45, 2.75) is 70.9 Å². The van der Waals surface area contributed by atoms with Crippen LogP contribution in [0.5, 0.6) is 0 Å². The largest absolute Gasteiger partial charge is 0.360 e. The van der Waals surface area contributed by atoms with Crippen molar-refractivity contribution in [2.24, 2.45) is 0 Å². The minimum atomic E-state index is -0.793. The molecule has 0 radical (unpaired) electrons. The molecule has 34 heavy (non-hydrogen) atoms. The summed E-state index contributed by atoms with van der Waals surface area (Å²) in [5.74, 6) is 0.0438. The average molecular weight is 467 g/mol. The van der Waals surface area contributed by atoms with Crippen LogP contribution in [0, 0.1) is 6.92 Å². The minimum Gasteiger partial charge on any atom is -0.360 e. The molecule has 1 aromatic carbocycles. The maximum Gasteiger partial charge on any atom is 0.247 e. The number of hydrogen-bond donors (Lipinski definition) is 2. The Balaban J connectivity index is 1.75. The lowest BCUT2D eigenvalue weighted by Gasteiger charge is -2.31. The van der Waals surface area contributed by atoms with Gasteiger partial charge in [0.1, 0.15) is 11.8 Å². The van der Waals surface area contributed by atoms with Crippen LogP contribution in [-0.4, -0.2) is 40.4 Å². The van der Waals surface area contributed by atoms with E-state index in [9.17, 15) is 14.4 Å². The summed E-state index contributed by atoms with van der Waals surface area (Å²) in [6.45, 7) is 7.77. The molecule has 3 amide bonds.